The van der Waals surface area contributed by atoms with Crippen LogP contribution in [-0.2, 0) is 9.53 Å². The van der Waals surface area contributed by atoms with Gasteiger partial charge < -0.3 is 10.1 Å². The van der Waals surface area contributed by atoms with E-state index in [2.05, 4.69) is 5.32 Å². The molecule has 1 amide bonds. The molecule has 0 spiro atoms. The van der Waals surface area contributed by atoms with Crippen LogP contribution in [0.25, 0.3) is 0 Å². The van der Waals surface area contributed by atoms with Crippen LogP contribution in [0, 0.1) is 10.1 Å². The predicted molar refractivity (Wildman–Crippen MR) is 87.1 cm³/mol. The van der Waals surface area contributed by atoms with E-state index >= 15 is 0 Å². The Balaban J connectivity index is 0.00000211. The van der Waals surface area contributed by atoms with E-state index in [0.717, 1.165) is 6.54 Å². The Bertz CT molecular complexity index is 449. The van der Waals surface area contributed by atoms with Gasteiger partial charge >= 0.3 is 0 Å². The third-order valence-corrected chi connectivity index (χ3v) is 2.79. The molecule has 0 aliphatic rings. The number of nitrogens with one attached hydrogen (secondary N) is 1. The molecule has 0 fully saturated rings. The molecule has 0 saturated carbocycles. The van der Waals surface area contributed by atoms with Crippen LogP contribution in [0.5, 0.6) is 0 Å². The van der Waals surface area contributed by atoms with Gasteiger partial charge in [0.15, 0.2) is 0 Å². The number of ether oxygens (including phenoxy) is 1. The summed E-state index contributed by atoms with van der Waals surface area (Å²) in [5.74, 6) is -0.156. The summed E-state index contributed by atoms with van der Waals surface area (Å²) >= 11 is 0. The number of carbonyl (C=O) groups is 1. The molecule has 0 heterocycles. The molecular formula is C15H25N3O4. The number of nitro benzene ring substituents is 1. The van der Waals surface area contributed by atoms with Gasteiger partial charge in [0.1, 0.15) is 0 Å². The largest absolute Gasteiger partial charge is 0.383 e. The van der Waals surface area contributed by atoms with Crippen molar-refractivity contribution in [3.8, 4) is 0 Å². The van der Waals surface area contributed by atoms with Crippen LogP contribution in [0.2, 0.25) is 0 Å². The quantitative estimate of drug-likeness (QED) is 0.589. The Morgan fingerprint density at radius 2 is 1.91 bits per heavy atom. The lowest BCUT2D eigenvalue weighted by Crippen LogP contribution is -2.35. The lowest BCUT2D eigenvalue weighted by Gasteiger charge is -2.19. The summed E-state index contributed by atoms with van der Waals surface area (Å²) in [6, 6.07) is 5.75. The van der Waals surface area contributed by atoms with Crippen molar-refractivity contribution in [3.63, 3.8) is 0 Å². The Hall–Kier alpha value is -1.99. The zero-order valence-electron chi connectivity index (χ0n) is 13.7. The number of hydrogen-bond acceptors (Lipinski definition) is 5. The third-order valence-electron chi connectivity index (χ3n) is 2.79. The first kappa shape index (κ1) is 20.0. The van der Waals surface area contributed by atoms with Gasteiger partial charge in [0.05, 0.1) is 18.1 Å². The number of methoxy groups -OCH3 is 1. The molecule has 1 rings (SSSR count). The van der Waals surface area contributed by atoms with Gasteiger partial charge in [-0.15, -0.1) is 0 Å². The van der Waals surface area contributed by atoms with Crippen molar-refractivity contribution in [1.82, 2.24) is 4.90 Å². The van der Waals surface area contributed by atoms with Crippen LogP contribution < -0.4 is 5.32 Å². The molecule has 7 heteroatoms. The SMILES string of the molecule is CC.CCN(CCOC)CC(=O)Nc1ccc([N+](=O)[O-])cc1. The van der Waals surface area contributed by atoms with Crippen LogP contribution in [0.15, 0.2) is 24.3 Å². The standard InChI is InChI=1S/C13H19N3O4.C2H6/c1-3-15(8-9-20-2)10-13(17)14-11-4-6-12(7-5-11)16(18)19;1-2/h4-7H,3,8-10H2,1-2H3,(H,14,17);1-2H3. The lowest BCUT2D eigenvalue weighted by molar-refractivity contribution is -0.384. The van der Waals surface area contributed by atoms with Crippen LogP contribution in [0.1, 0.15) is 20.8 Å². The first-order valence-electron chi connectivity index (χ1n) is 7.32. The van der Waals surface area contributed by atoms with E-state index in [0.29, 0.717) is 18.8 Å². The third kappa shape index (κ3) is 7.70. The molecule has 1 N–H and O–H groups in total. The molecule has 0 saturated heterocycles. The minimum atomic E-state index is -0.477. The van der Waals surface area contributed by atoms with Gasteiger partial charge in [-0.1, -0.05) is 20.8 Å². The number of nitrogens with zero attached hydrogens (tertiary/aromatic N) is 2. The Labute approximate surface area is 131 Å². The minimum Gasteiger partial charge on any atom is -0.383 e. The Morgan fingerprint density at radius 1 is 1.32 bits per heavy atom. The monoisotopic (exact) mass is 311 g/mol. The van der Waals surface area contributed by atoms with Crippen molar-refractivity contribution in [2.24, 2.45) is 0 Å². The van der Waals surface area contributed by atoms with E-state index in [9.17, 15) is 14.9 Å². The van der Waals surface area contributed by atoms with Crippen molar-refractivity contribution in [2.75, 3.05) is 38.7 Å². The number of rotatable bonds is 8. The predicted octanol–water partition coefficient (Wildman–Crippen LogP) is 2.53. The van der Waals surface area contributed by atoms with Crippen molar-refractivity contribution in [2.45, 2.75) is 20.8 Å². The van der Waals surface area contributed by atoms with Gasteiger partial charge in [0.25, 0.3) is 5.69 Å². The molecular weight excluding hydrogens is 286 g/mol. The molecule has 1 aromatic carbocycles. The van der Waals surface area contributed by atoms with Crippen LogP contribution in [-0.4, -0.2) is 49.1 Å². The van der Waals surface area contributed by atoms with E-state index in [1.807, 2.05) is 25.7 Å². The first-order chi connectivity index (χ1) is 10.6. The molecule has 22 heavy (non-hydrogen) atoms. The molecule has 0 aliphatic carbocycles. The fourth-order valence-corrected chi connectivity index (χ4v) is 1.64. The maximum Gasteiger partial charge on any atom is 0.269 e. The molecule has 0 aromatic heterocycles. The first-order valence-corrected chi connectivity index (χ1v) is 7.32. The molecule has 7 nitrogen and oxygen atoms in total. The second-order valence-corrected chi connectivity index (χ2v) is 4.21. The maximum atomic E-state index is 11.8. The van der Waals surface area contributed by atoms with Crippen molar-refractivity contribution in [3.05, 3.63) is 34.4 Å². The maximum absolute atomic E-state index is 11.8. The van der Waals surface area contributed by atoms with E-state index < -0.39 is 4.92 Å². The van der Waals surface area contributed by atoms with Gasteiger partial charge in [-0.25, -0.2) is 0 Å². The number of likely N-dealkylation sites (N-methyl/N-ethyl adjacent to an activating group) is 1. The highest BCUT2D eigenvalue weighted by molar-refractivity contribution is 5.92. The van der Waals surface area contributed by atoms with Gasteiger partial charge in [-0.3, -0.25) is 19.8 Å². The van der Waals surface area contributed by atoms with Crippen molar-refractivity contribution < 1.29 is 14.5 Å². The average Bonchev–Trinajstić information content (AvgIpc) is 2.53. The summed E-state index contributed by atoms with van der Waals surface area (Å²) in [6.07, 6.45) is 0. The Morgan fingerprint density at radius 3 is 2.36 bits per heavy atom. The Kier molecular flexibility index (Phi) is 10.6. The zero-order valence-corrected chi connectivity index (χ0v) is 13.7. The second-order valence-electron chi connectivity index (χ2n) is 4.21. The highest BCUT2D eigenvalue weighted by Crippen LogP contribution is 2.15. The summed E-state index contributed by atoms with van der Waals surface area (Å²) in [5, 5.41) is 13.2. The number of carbonyl (C=O) groups excluding carboxylic acids is 1. The summed E-state index contributed by atoms with van der Waals surface area (Å²) in [6.45, 7) is 8.22. The van der Waals surface area contributed by atoms with E-state index in [1.54, 1.807) is 7.11 Å². The van der Waals surface area contributed by atoms with Crippen LogP contribution in [0.4, 0.5) is 11.4 Å². The van der Waals surface area contributed by atoms with Gasteiger partial charge in [0, 0.05) is 31.5 Å². The van der Waals surface area contributed by atoms with Gasteiger partial charge in [-0.2, -0.15) is 0 Å². The van der Waals surface area contributed by atoms with Crippen LogP contribution >= 0.6 is 0 Å². The van der Waals surface area contributed by atoms with Crippen molar-refractivity contribution >= 4 is 17.3 Å². The fourth-order valence-electron chi connectivity index (χ4n) is 1.64. The molecule has 124 valence electrons. The number of amides is 1. The highest BCUT2D eigenvalue weighted by Gasteiger charge is 2.10. The minimum absolute atomic E-state index is 0.00159. The number of nitro groups is 1. The van der Waals surface area contributed by atoms with Gasteiger partial charge in [-0.05, 0) is 18.7 Å². The average molecular weight is 311 g/mol. The lowest BCUT2D eigenvalue weighted by atomic mass is 10.3. The van der Waals surface area contributed by atoms with Crippen LogP contribution in [0.3, 0.4) is 0 Å². The van der Waals surface area contributed by atoms with E-state index in [4.69, 9.17) is 4.74 Å². The second kappa shape index (κ2) is 11.6. The summed E-state index contributed by atoms with van der Waals surface area (Å²) < 4.78 is 4.97. The zero-order chi connectivity index (χ0) is 17.0. The summed E-state index contributed by atoms with van der Waals surface area (Å²) in [7, 11) is 1.62. The van der Waals surface area contributed by atoms with Gasteiger partial charge in [0.2, 0.25) is 5.91 Å². The number of non-ortho nitro benzene ring substituents is 1. The molecule has 0 bridgehead atoms. The highest BCUT2D eigenvalue weighted by atomic mass is 16.6. The summed E-state index contributed by atoms with van der Waals surface area (Å²) in [4.78, 5) is 23.8. The summed E-state index contributed by atoms with van der Waals surface area (Å²) in [5.41, 5.74) is 0.543. The fraction of sp³-hybridized carbons (Fsp3) is 0.533. The number of hydrogen-bond donors (Lipinski definition) is 1. The number of benzene rings is 1. The molecule has 0 aliphatic heterocycles. The molecule has 0 unspecified atom stereocenters. The molecule has 1 aromatic rings. The number of anilines is 1. The van der Waals surface area contributed by atoms with E-state index in [1.165, 1.54) is 24.3 Å². The topological polar surface area (TPSA) is 84.7 Å². The molecule has 0 radical (unpaired) electrons. The smallest absolute Gasteiger partial charge is 0.269 e. The van der Waals surface area contributed by atoms with Crippen molar-refractivity contribution in [1.29, 1.82) is 0 Å². The van der Waals surface area contributed by atoms with E-state index in [-0.39, 0.29) is 18.1 Å². The normalized spacial score (nSPS) is 9.86. The molecule has 0 atom stereocenters.